The molecule has 6 nitrogen and oxygen atoms in total. The van der Waals surface area contributed by atoms with Crippen LogP contribution in [0.3, 0.4) is 0 Å². The zero-order valence-electron chi connectivity index (χ0n) is 16.1. The number of amides is 1. The summed E-state index contributed by atoms with van der Waals surface area (Å²) in [5.41, 5.74) is 2.03. The Kier molecular flexibility index (Phi) is 5.06. The van der Waals surface area contributed by atoms with Gasteiger partial charge in [0, 0.05) is 37.1 Å². The van der Waals surface area contributed by atoms with Crippen LogP contribution in [0.25, 0.3) is 11.4 Å². The molecule has 1 atom stereocenters. The number of benzene rings is 1. The molecular formula is C22H23N5OS. The normalized spacial score (nSPS) is 17.4. The van der Waals surface area contributed by atoms with E-state index < -0.39 is 0 Å². The number of hydrogen-bond donors (Lipinski definition) is 0. The lowest BCUT2D eigenvalue weighted by Gasteiger charge is -2.23. The first-order valence-corrected chi connectivity index (χ1v) is 11.0. The van der Waals surface area contributed by atoms with Crippen LogP contribution in [0.5, 0.6) is 0 Å². The predicted molar refractivity (Wildman–Crippen MR) is 112 cm³/mol. The summed E-state index contributed by atoms with van der Waals surface area (Å²) in [6.07, 6.45) is 7.97. The van der Waals surface area contributed by atoms with Gasteiger partial charge in [0.2, 0.25) is 5.91 Å². The highest BCUT2D eigenvalue weighted by Crippen LogP contribution is 2.44. The van der Waals surface area contributed by atoms with Crippen molar-refractivity contribution in [3.63, 3.8) is 0 Å². The number of pyridine rings is 1. The Balaban J connectivity index is 1.50. The summed E-state index contributed by atoms with van der Waals surface area (Å²) in [4.78, 5) is 19.5. The second kappa shape index (κ2) is 7.99. The van der Waals surface area contributed by atoms with Crippen molar-refractivity contribution in [1.29, 1.82) is 0 Å². The first kappa shape index (κ1) is 18.4. The molecule has 2 aliphatic rings. The van der Waals surface area contributed by atoms with Crippen molar-refractivity contribution in [2.75, 3.05) is 13.1 Å². The van der Waals surface area contributed by atoms with Gasteiger partial charge in [0.1, 0.15) is 5.25 Å². The van der Waals surface area contributed by atoms with Crippen molar-refractivity contribution in [3.05, 3.63) is 60.4 Å². The summed E-state index contributed by atoms with van der Waals surface area (Å²) in [6.45, 7) is 1.70. The molecule has 2 aromatic heterocycles. The minimum atomic E-state index is -0.304. The Morgan fingerprint density at radius 2 is 1.72 bits per heavy atom. The molecule has 1 saturated carbocycles. The zero-order valence-corrected chi connectivity index (χ0v) is 17.0. The lowest BCUT2D eigenvalue weighted by Crippen LogP contribution is -2.31. The number of carbonyl (C=O) groups is 1. The van der Waals surface area contributed by atoms with Gasteiger partial charge in [0.05, 0.1) is 0 Å². The van der Waals surface area contributed by atoms with Crippen LogP contribution in [0.1, 0.15) is 42.5 Å². The Bertz CT molecular complexity index is 981. The molecule has 0 radical (unpaired) electrons. The van der Waals surface area contributed by atoms with Gasteiger partial charge in [-0.05, 0) is 43.4 Å². The Hall–Kier alpha value is -2.67. The number of thioether (sulfide) groups is 1. The number of nitrogens with zero attached hydrogens (tertiary/aromatic N) is 5. The van der Waals surface area contributed by atoms with Crippen molar-refractivity contribution in [3.8, 4) is 11.4 Å². The van der Waals surface area contributed by atoms with Crippen molar-refractivity contribution in [1.82, 2.24) is 24.6 Å². The molecule has 1 aliphatic carbocycles. The van der Waals surface area contributed by atoms with Crippen LogP contribution in [0.15, 0.2) is 60.0 Å². The molecule has 7 heteroatoms. The molecule has 29 heavy (non-hydrogen) atoms. The van der Waals surface area contributed by atoms with E-state index >= 15 is 0 Å². The molecule has 3 heterocycles. The minimum absolute atomic E-state index is 0.175. The topological polar surface area (TPSA) is 63.9 Å². The smallest absolute Gasteiger partial charge is 0.240 e. The van der Waals surface area contributed by atoms with E-state index in [1.165, 1.54) is 11.8 Å². The summed E-state index contributed by atoms with van der Waals surface area (Å²) in [5, 5.41) is 9.52. The maximum Gasteiger partial charge on any atom is 0.240 e. The third kappa shape index (κ3) is 3.79. The highest BCUT2D eigenvalue weighted by atomic mass is 32.2. The quantitative estimate of drug-likeness (QED) is 0.577. The molecule has 0 N–H and O–H groups in total. The fourth-order valence-electron chi connectivity index (χ4n) is 3.81. The van der Waals surface area contributed by atoms with Gasteiger partial charge >= 0.3 is 0 Å². The highest BCUT2D eigenvalue weighted by Gasteiger charge is 2.34. The molecule has 0 spiro atoms. The van der Waals surface area contributed by atoms with Crippen LogP contribution in [-0.4, -0.2) is 43.6 Å². The summed E-state index contributed by atoms with van der Waals surface area (Å²) >= 11 is 1.53. The SMILES string of the molecule is O=C([C@@H](Sc1nnc(-c2ccncc2)n1C1CC1)c1ccccc1)N1CCCC1. The van der Waals surface area contributed by atoms with E-state index in [-0.39, 0.29) is 11.2 Å². The van der Waals surface area contributed by atoms with E-state index in [2.05, 4.69) is 19.7 Å². The summed E-state index contributed by atoms with van der Waals surface area (Å²) in [6, 6.07) is 14.4. The van der Waals surface area contributed by atoms with Gasteiger partial charge in [-0.1, -0.05) is 42.1 Å². The average molecular weight is 406 g/mol. The molecule has 2 fully saturated rings. The number of hydrogen-bond acceptors (Lipinski definition) is 5. The van der Waals surface area contributed by atoms with Gasteiger partial charge in [0.25, 0.3) is 0 Å². The molecule has 148 valence electrons. The van der Waals surface area contributed by atoms with Crippen molar-refractivity contribution >= 4 is 17.7 Å². The van der Waals surface area contributed by atoms with E-state index in [4.69, 9.17) is 0 Å². The summed E-state index contributed by atoms with van der Waals surface area (Å²) < 4.78 is 2.22. The number of likely N-dealkylation sites (tertiary alicyclic amines) is 1. The molecular weight excluding hydrogens is 382 g/mol. The lowest BCUT2D eigenvalue weighted by atomic mass is 10.1. The van der Waals surface area contributed by atoms with Gasteiger partial charge < -0.3 is 4.90 Å². The Labute approximate surface area is 174 Å². The van der Waals surface area contributed by atoms with Crippen LogP contribution in [0.4, 0.5) is 0 Å². The monoisotopic (exact) mass is 405 g/mol. The number of rotatable bonds is 6. The van der Waals surface area contributed by atoms with E-state index in [1.54, 1.807) is 12.4 Å². The first-order chi connectivity index (χ1) is 14.3. The number of aromatic nitrogens is 4. The Morgan fingerprint density at radius 1 is 1.00 bits per heavy atom. The van der Waals surface area contributed by atoms with Crippen LogP contribution in [0, 0.1) is 0 Å². The largest absolute Gasteiger partial charge is 0.341 e. The van der Waals surface area contributed by atoms with Crippen LogP contribution < -0.4 is 0 Å². The second-order valence-electron chi connectivity index (χ2n) is 7.58. The van der Waals surface area contributed by atoms with Gasteiger partial charge in [-0.2, -0.15) is 0 Å². The van der Waals surface area contributed by atoms with E-state index in [0.717, 1.165) is 60.9 Å². The van der Waals surface area contributed by atoms with Crippen molar-refractivity contribution in [2.45, 2.75) is 42.1 Å². The molecule has 3 aromatic rings. The maximum atomic E-state index is 13.4. The zero-order chi connectivity index (χ0) is 19.6. The van der Waals surface area contributed by atoms with Crippen LogP contribution in [0.2, 0.25) is 0 Å². The van der Waals surface area contributed by atoms with Crippen molar-refractivity contribution < 1.29 is 4.79 Å². The predicted octanol–water partition coefficient (Wildman–Crippen LogP) is 4.13. The van der Waals surface area contributed by atoms with Gasteiger partial charge in [0.15, 0.2) is 11.0 Å². The third-order valence-electron chi connectivity index (χ3n) is 5.48. The fraction of sp³-hybridized carbons (Fsp3) is 0.364. The molecule has 0 unspecified atom stereocenters. The summed E-state index contributed by atoms with van der Waals surface area (Å²) in [5.74, 6) is 1.03. The first-order valence-electron chi connectivity index (χ1n) is 10.2. The Morgan fingerprint density at radius 3 is 2.41 bits per heavy atom. The fourth-order valence-corrected chi connectivity index (χ4v) is 5.01. The van der Waals surface area contributed by atoms with Gasteiger partial charge in [-0.25, -0.2) is 0 Å². The number of carbonyl (C=O) groups excluding carboxylic acids is 1. The lowest BCUT2D eigenvalue weighted by molar-refractivity contribution is -0.129. The van der Waals surface area contributed by atoms with E-state index in [0.29, 0.717) is 6.04 Å². The average Bonchev–Trinajstić information content (AvgIpc) is 3.29. The third-order valence-corrected chi connectivity index (χ3v) is 6.68. The molecule has 0 bridgehead atoms. The van der Waals surface area contributed by atoms with Gasteiger partial charge in [-0.15, -0.1) is 10.2 Å². The molecule has 1 saturated heterocycles. The molecule has 5 rings (SSSR count). The maximum absolute atomic E-state index is 13.4. The molecule has 1 aliphatic heterocycles. The minimum Gasteiger partial charge on any atom is -0.341 e. The second-order valence-corrected chi connectivity index (χ2v) is 8.66. The van der Waals surface area contributed by atoms with E-state index in [1.807, 2.05) is 47.4 Å². The summed E-state index contributed by atoms with van der Waals surface area (Å²) in [7, 11) is 0. The van der Waals surface area contributed by atoms with Gasteiger partial charge in [-0.3, -0.25) is 14.3 Å². The van der Waals surface area contributed by atoms with Crippen LogP contribution in [-0.2, 0) is 4.79 Å². The molecule has 1 aromatic carbocycles. The standard InChI is InChI=1S/C22H23N5OS/c28-21(26-14-4-5-15-26)19(16-6-2-1-3-7-16)29-22-25-24-20(27(22)18-8-9-18)17-10-12-23-13-11-17/h1-3,6-7,10-13,18-19H,4-5,8-9,14-15H2/t19-/m0/s1. The van der Waals surface area contributed by atoms with Crippen molar-refractivity contribution in [2.24, 2.45) is 0 Å². The molecule has 1 amide bonds. The van der Waals surface area contributed by atoms with E-state index in [9.17, 15) is 4.79 Å². The van der Waals surface area contributed by atoms with Crippen LogP contribution >= 0.6 is 11.8 Å². The highest BCUT2D eigenvalue weighted by molar-refractivity contribution is 8.00.